The van der Waals surface area contributed by atoms with Gasteiger partial charge in [0.2, 0.25) is 5.91 Å². The van der Waals surface area contributed by atoms with Gasteiger partial charge in [0.15, 0.2) is 0 Å². The maximum absolute atomic E-state index is 12.2. The van der Waals surface area contributed by atoms with Gasteiger partial charge in [-0.1, -0.05) is 0 Å². The minimum Gasteiger partial charge on any atom is -0.369 e. The maximum atomic E-state index is 12.2. The number of carbonyl (C=O) groups is 1. The average Bonchev–Trinajstić information content (AvgIpc) is 2.65. The van der Waals surface area contributed by atoms with E-state index in [-0.39, 0.29) is 23.7 Å². The Hall–Kier alpha value is -0.610. The Morgan fingerprint density at radius 3 is 2.81 bits per heavy atom. The van der Waals surface area contributed by atoms with Gasteiger partial charge in [-0.3, -0.25) is 4.79 Å². The van der Waals surface area contributed by atoms with Crippen molar-refractivity contribution in [2.45, 2.75) is 51.4 Å². The summed E-state index contributed by atoms with van der Waals surface area (Å²) in [4.78, 5) is 14.2. The molecule has 1 N–H and O–H groups in total. The normalized spacial score (nSPS) is 34.1. The predicted molar refractivity (Wildman–Crippen MR) is 62.2 cm³/mol. The zero-order chi connectivity index (χ0) is 11.8. The van der Waals surface area contributed by atoms with Crippen LogP contribution in [0.2, 0.25) is 0 Å². The molecule has 4 heteroatoms. The van der Waals surface area contributed by atoms with Crippen molar-refractivity contribution in [2.24, 2.45) is 0 Å². The Bertz CT molecular complexity index is 272. The van der Waals surface area contributed by atoms with Gasteiger partial charge in [0.25, 0.3) is 0 Å². The number of morpholine rings is 1. The quantitative estimate of drug-likeness (QED) is 0.718. The Kier molecular flexibility index (Phi) is 3.22. The summed E-state index contributed by atoms with van der Waals surface area (Å²) in [5, 5.41) is 3.26. The SMILES string of the molecule is CC1CN(C(=O)[C@@H]2CCCN2)CC(C)(C)O1. The first-order chi connectivity index (χ1) is 7.48. The predicted octanol–water partition coefficient (Wildman–Crippen LogP) is 0.764. The molecule has 0 spiro atoms. The monoisotopic (exact) mass is 226 g/mol. The maximum Gasteiger partial charge on any atom is 0.239 e. The molecule has 0 bridgehead atoms. The van der Waals surface area contributed by atoms with Crippen LogP contribution in [-0.4, -0.2) is 48.2 Å². The molecule has 2 aliphatic heterocycles. The zero-order valence-corrected chi connectivity index (χ0v) is 10.5. The molecule has 1 unspecified atom stereocenters. The molecule has 0 aromatic rings. The molecule has 0 aliphatic carbocycles. The molecule has 0 radical (unpaired) electrons. The van der Waals surface area contributed by atoms with E-state index < -0.39 is 0 Å². The summed E-state index contributed by atoms with van der Waals surface area (Å²) >= 11 is 0. The number of carbonyl (C=O) groups excluding carboxylic acids is 1. The van der Waals surface area contributed by atoms with Crippen LogP contribution >= 0.6 is 0 Å². The van der Waals surface area contributed by atoms with E-state index in [0.29, 0.717) is 6.54 Å². The Balaban J connectivity index is 2.00. The first-order valence-corrected chi connectivity index (χ1v) is 6.18. The highest BCUT2D eigenvalue weighted by Gasteiger charge is 2.36. The topological polar surface area (TPSA) is 41.6 Å². The van der Waals surface area contributed by atoms with Crippen LogP contribution in [0.15, 0.2) is 0 Å². The van der Waals surface area contributed by atoms with Gasteiger partial charge < -0.3 is 15.0 Å². The van der Waals surface area contributed by atoms with Gasteiger partial charge in [-0.15, -0.1) is 0 Å². The summed E-state index contributed by atoms with van der Waals surface area (Å²) in [5.74, 6) is 0.251. The Labute approximate surface area is 97.3 Å². The van der Waals surface area contributed by atoms with Crippen LogP contribution in [0, 0.1) is 0 Å². The summed E-state index contributed by atoms with van der Waals surface area (Å²) in [7, 11) is 0. The van der Waals surface area contributed by atoms with E-state index >= 15 is 0 Å². The van der Waals surface area contributed by atoms with E-state index in [1.54, 1.807) is 0 Å². The molecule has 1 amide bonds. The highest BCUT2D eigenvalue weighted by Crippen LogP contribution is 2.22. The minimum atomic E-state index is -0.216. The van der Waals surface area contributed by atoms with Crippen LogP contribution in [0.3, 0.4) is 0 Å². The van der Waals surface area contributed by atoms with Gasteiger partial charge in [-0.05, 0) is 40.2 Å². The third kappa shape index (κ3) is 2.55. The molecule has 2 aliphatic rings. The second-order valence-electron chi connectivity index (χ2n) is 5.56. The smallest absolute Gasteiger partial charge is 0.239 e. The summed E-state index contributed by atoms with van der Waals surface area (Å²) in [6.45, 7) is 8.52. The number of nitrogens with zero attached hydrogens (tertiary/aromatic N) is 1. The first-order valence-electron chi connectivity index (χ1n) is 6.18. The van der Waals surface area contributed by atoms with Gasteiger partial charge >= 0.3 is 0 Å². The highest BCUT2D eigenvalue weighted by molar-refractivity contribution is 5.82. The molecule has 0 aromatic heterocycles. The molecule has 2 fully saturated rings. The first kappa shape index (κ1) is 11.9. The summed E-state index contributed by atoms with van der Waals surface area (Å²) in [6, 6.07) is 0.0427. The van der Waals surface area contributed by atoms with E-state index in [9.17, 15) is 4.79 Å². The van der Waals surface area contributed by atoms with Crippen LogP contribution < -0.4 is 5.32 Å². The lowest BCUT2D eigenvalue weighted by Gasteiger charge is -2.42. The lowest BCUT2D eigenvalue weighted by Crippen LogP contribution is -2.57. The van der Waals surface area contributed by atoms with E-state index in [1.807, 2.05) is 25.7 Å². The van der Waals surface area contributed by atoms with Crippen molar-refractivity contribution in [3.63, 3.8) is 0 Å². The molecule has 2 rings (SSSR count). The second kappa shape index (κ2) is 4.34. The second-order valence-corrected chi connectivity index (χ2v) is 5.56. The summed E-state index contributed by atoms with van der Waals surface area (Å²) in [5.41, 5.74) is -0.216. The van der Waals surface area contributed by atoms with E-state index in [2.05, 4.69) is 5.32 Å². The molecular weight excluding hydrogens is 204 g/mol. The van der Waals surface area contributed by atoms with Crippen molar-refractivity contribution in [1.29, 1.82) is 0 Å². The van der Waals surface area contributed by atoms with Gasteiger partial charge in [-0.25, -0.2) is 0 Å². The fraction of sp³-hybridized carbons (Fsp3) is 0.917. The minimum absolute atomic E-state index is 0.0427. The number of amides is 1. The lowest BCUT2D eigenvalue weighted by atomic mass is 10.0. The fourth-order valence-electron chi connectivity index (χ4n) is 2.74. The lowest BCUT2D eigenvalue weighted by molar-refractivity contribution is -0.159. The van der Waals surface area contributed by atoms with Crippen molar-refractivity contribution < 1.29 is 9.53 Å². The van der Waals surface area contributed by atoms with E-state index in [1.165, 1.54) is 0 Å². The van der Waals surface area contributed by atoms with Crippen molar-refractivity contribution in [2.75, 3.05) is 19.6 Å². The number of nitrogens with one attached hydrogen (secondary N) is 1. The summed E-state index contributed by atoms with van der Waals surface area (Å²) < 4.78 is 5.80. The van der Waals surface area contributed by atoms with Gasteiger partial charge in [0, 0.05) is 13.1 Å². The molecular formula is C12H22N2O2. The van der Waals surface area contributed by atoms with Crippen molar-refractivity contribution in [3.8, 4) is 0 Å². The standard InChI is InChI=1S/C12H22N2O2/c1-9-7-14(8-12(2,3)16-9)11(15)10-5-4-6-13-10/h9-10,13H,4-8H2,1-3H3/t9?,10-/m0/s1. The van der Waals surface area contributed by atoms with Crippen LogP contribution in [-0.2, 0) is 9.53 Å². The molecule has 4 nitrogen and oxygen atoms in total. The van der Waals surface area contributed by atoms with Gasteiger partial charge in [-0.2, -0.15) is 0 Å². The molecule has 16 heavy (non-hydrogen) atoms. The van der Waals surface area contributed by atoms with E-state index in [0.717, 1.165) is 25.9 Å². The van der Waals surface area contributed by atoms with Gasteiger partial charge in [0.1, 0.15) is 0 Å². The largest absolute Gasteiger partial charge is 0.369 e. The zero-order valence-electron chi connectivity index (χ0n) is 10.5. The van der Waals surface area contributed by atoms with Crippen molar-refractivity contribution in [3.05, 3.63) is 0 Å². The molecule has 2 saturated heterocycles. The van der Waals surface area contributed by atoms with Crippen LogP contribution in [0.4, 0.5) is 0 Å². The van der Waals surface area contributed by atoms with E-state index in [4.69, 9.17) is 4.74 Å². The van der Waals surface area contributed by atoms with Crippen LogP contribution in [0.1, 0.15) is 33.6 Å². The summed E-state index contributed by atoms with van der Waals surface area (Å²) in [6.07, 6.45) is 2.22. The molecule has 2 atom stereocenters. The number of rotatable bonds is 1. The number of ether oxygens (including phenoxy) is 1. The van der Waals surface area contributed by atoms with Gasteiger partial charge in [0.05, 0.1) is 17.7 Å². The van der Waals surface area contributed by atoms with Crippen LogP contribution in [0.25, 0.3) is 0 Å². The molecule has 0 aromatic carbocycles. The highest BCUT2D eigenvalue weighted by atomic mass is 16.5. The average molecular weight is 226 g/mol. The Morgan fingerprint density at radius 1 is 1.50 bits per heavy atom. The number of hydrogen-bond acceptors (Lipinski definition) is 3. The molecule has 2 heterocycles. The fourth-order valence-corrected chi connectivity index (χ4v) is 2.74. The molecule has 0 saturated carbocycles. The van der Waals surface area contributed by atoms with Crippen molar-refractivity contribution >= 4 is 5.91 Å². The third-order valence-corrected chi connectivity index (χ3v) is 3.24. The number of hydrogen-bond donors (Lipinski definition) is 1. The van der Waals surface area contributed by atoms with Crippen molar-refractivity contribution in [1.82, 2.24) is 10.2 Å². The van der Waals surface area contributed by atoms with Crippen LogP contribution in [0.5, 0.6) is 0 Å². The third-order valence-electron chi connectivity index (χ3n) is 3.24. The molecule has 92 valence electrons. The Morgan fingerprint density at radius 2 is 2.25 bits per heavy atom.